The second kappa shape index (κ2) is 5.26. The molecule has 5 heteroatoms. The monoisotopic (exact) mass is 312 g/mol. The van der Waals surface area contributed by atoms with Crippen LogP contribution in [0.15, 0.2) is 22.7 Å². The number of rotatable bonds is 2. The molecule has 1 fully saturated rings. The number of nitro benzene ring substituents is 1. The standard InChI is InChI=1S/C13H17BrN2O2/c1-9-3-4-10(2)15(8-9)12-6-5-11(14)7-13(12)16(17)18/h5-7,9-10H,3-4,8H2,1-2H3. The number of anilines is 1. The van der Waals surface area contributed by atoms with Crippen LogP contribution in [0.2, 0.25) is 0 Å². The highest BCUT2D eigenvalue weighted by Crippen LogP contribution is 2.35. The first-order valence-corrected chi connectivity index (χ1v) is 6.99. The van der Waals surface area contributed by atoms with Gasteiger partial charge in [0, 0.05) is 23.1 Å². The van der Waals surface area contributed by atoms with Crippen molar-refractivity contribution in [3.63, 3.8) is 0 Å². The molecule has 0 spiro atoms. The Bertz CT molecular complexity index is 464. The quantitative estimate of drug-likeness (QED) is 0.613. The fourth-order valence-corrected chi connectivity index (χ4v) is 2.86. The number of hydrogen-bond donors (Lipinski definition) is 0. The largest absolute Gasteiger partial charge is 0.363 e. The summed E-state index contributed by atoms with van der Waals surface area (Å²) in [6.07, 6.45) is 2.29. The fraction of sp³-hybridized carbons (Fsp3) is 0.538. The zero-order valence-corrected chi connectivity index (χ0v) is 12.2. The van der Waals surface area contributed by atoms with Crippen LogP contribution in [0.3, 0.4) is 0 Å². The van der Waals surface area contributed by atoms with Crippen LogP contribution in [-0.4, -0.2) is 17.5 Å². The van der Waals surface area contributed by atoms with Gasteiger partial charge in [0.2, 0.25) is 0 Å². The summed E-state index contributed by atoms with van der Waals surface area (Å²) in [6, 6.07) is 5.66. The maximum atomic E-state index is 11.2. The van der Waals surface area contributed by atoms with E-state index in [0.717, 1.165) is 23.1 Å². The molecule has 18 heavy (non-hydrogen) atoms. The number of nitro groups is 1. The molecule has 2 unspecified atom stereocenters. The third-order valence-electron chi connectivity index (χ3n) is 3.56. The summed E-state index contributed by atoms with van der Waals surface area (Å²) >= 11 is 3.29. The third-order valence-corrected chi connectivity index (χ3v) is 4.05. The summed E-state index contributed by atoms with van der Waals surface area (Å²) in [6.45, 7) is 5.23. The number of benzene rings is 1. The zero-order valence-electron chi connectivity index (χ0n) is 10.6. The normalized spacial score (nSPS) is 24.1. The predicted molar refractivity (Wildman–Crippen MR) is 76.0 cm³/mol. The molecular formula is C13H17BrN2O2. The van der Waals surface area contributed by atoms with Gasteiger partial charge in [-0.05, 0) is 37.8 Å². The maximum Gasteiger partial charge on any atom is 0.293 e. The van der Waals surface area contributed by atoms with Crippen LogP contribution in [0.25, 0.3) is 0 Å². The van der Waals surface area contributed by atoms with Crippen LogP contribution in [0, 0.1) is 16.0 Å². The van der Waals surface area contributed by atoms with Gasteiger partial charge in [-0.15, -0.1) is 0 Å². The van der Waals surface area contributed by atoms with Crippen molar-refractivity contribution >= 4 is 27.3 Å². The number of piperidine rings is 1. The first-order valence-electron chi connectivity index (χ1n) is 6.19. The van der Waals surface area contributed by atoms with Gasteiger partial charge in [-0.25, -0.2) is 0 Å². The molecule has 1 aromatic carbocycles. The molecule has 2 atom stereocenters. The zero-order chi connectivity index (χ0) is 13.3. The van der Waals surface area contributed by atoms with Crippen LogP contribution in [0.5, 0.6) is 0 Å². The lowest BCUT2D eigenvalue weighted by molar-refractivity contribution is -0.384. The highest BCUT2D eigenvalue weighted by atomic mass is 79.9. The molecule has 0 saturated carbocycles. The molecule has 1 aliphatic rings. The maximum absolute atomic E-state index is 11.2. The Morgan fingerprint density at radius 3 is 2.78 bits per heavy atom. The molecule has 0 N–H and O–H groups in total. The van der Waals surface area contributed by atoms with Crippen molar-refractivity contribution in [1.82, 2.24) is 0 Å². The highest BCUT2D eigenvalue weighted by Gasteiger charge is 2.28. The molecule has 0 bridgehead atoms. The van der Waals surface area contributed by atoms with Gasteiger partial charge >= 0.3 is 0 Å². The van der Waals surface area contributed by atoms with E-state index >= 15 is 0 Å². The van der Waals surface area contributed by atoms with Gasteiger partial charge in [0.1, 0.15) is 5.69 Å². The minimum atomic E-state index is -0.300. The average molecular weight is 313 g/mol. The number of hydrogen-bond acceptors (Lipinski definition) is 3. The van der Waals surface area contributed by atoms with Crippen LogP contribution >= 0.6 is 15.9 Å². The lowest BCUT2D eigenvalue weighted by Crippen LogP contribution is -2.41. The lowest BCUT2D eigenvalue weighted by atomic mass is 9.94. The van der Waals surface area contributed by atoms with E-state index in [1.807, 2.05) is 12.1 Å². The van der Waals surface area contributed by atoms with Gasteiger partial charge in [-0.3, -0.25) is 10.1 Å². The molecule has 0 amide bonds. The number of halogens is 1. The van der Waals surface area contributed by atoms with E-state index in [2.05, 4.69) is 34.7 Å². The van der Waals surface area contributed by atoms with Crippen molar-refractivity contribution in [1.29, 1.82) is 0 Å². The highest BCUT2D eigenvalue weighted by molar-refractivity contribution is 9.10. The van der Waals surface area contributed by atoms with Gasteiger partial charge in [0.25, 0.3) is 5.69 Å². The molecule has 1 saturated heterocycles. The summed E-state index contributed by atoms with van der Waals surface area (Å²) in [5.74, 6) is 0.587. The van der Waals surface area contributed by atoms with Crippen LogP contribution in [0.1, 0.15) is 26.7 Å². The fourth-order valence-electron chi connectivity index (χ4n) is 2.51. The summed E-state index contributed by atoms with van der Waals surface area (Å²) in [4.78, 5) is 13.0. The summed E-state index contributed by atoms with van der Waals surface area (Å²) < 4.78 is 0.746. The van der Waals surface area contributed by atoms with Crippen LogP contribution in [0.4, 0.5) is 11.4 Å². The van der Waals surface area contributed by atoms with E-state index < -0.39 is 0 Å². The number of nitrogens with zero attached hydrogens (tertiary/aromatic N) is 2. The molecule has 0 aliphatic carbocycles. The van der Waals surface area contributed by atoms with E-state index in [9.17, 15) is 10.1 Å². The Hall–Kier alpha value is -1.10. The predicted octanol–water partition coefficient (Wildman–Crippen LogP) is 3.98. The second-order valence-corrected chi connectivity index (χ2v) is 5.99. The SMILES string of the molecule is CC1CCC(C)N(c2ccc(Br)cc2[N+](=O)[O-])C1. The lowest BCUT2D eigenvalue weighted by Gasteiger charge is -2.38. The van der Waals surface area contributed by atoms with Crippen LogP contribution < -0.4 is 4.90 Å². The minimum absolute atomic E-state index is 0.185. The van der Waals surface area contributed by atoms with Gasteiger partial charge in [-0.2, -0.15) is 0 Å². The van der Waals surface area contributed by atoms with E-state index in [1.54, 1.807) is 6.07 Å². The molecule has 1 aliphatic heterocycles. The second-order valence-electron chi connectivity index (χ2n) is 5.07. The van der Waals surface area contributed by atoms with Crippen LogP contribution in [-0.2, 0) is 0 Å². The van der Waals surface area contributed by atoms with Gasteiger partial charge in [-0.1, -0.05) is 22.9 Å². The van der Waals surface area contributed by atoms with Crippen molar-refractivity contribution in [3.05, 3.63) is 32.8 Å². The van der Waals surface area contributed by atoms with E-state index in [0.29, 0.717) is 12.0 Å². The van der Waals surface area contributed by atoms with Crippen molar-refractivity contribution in [2.24, 2.45) is 5.92 Å². The third kappa shape index (κ3) is 2.66. The molecule has 98 valence electrons. The topological polar surface area (TPSA) is 46.4 Å². The Balaban J connectivity index is 2.40. The van der Waals surface area contributed by atoms with Crippen molar-refractivity contribution in [3.8, 4) is 0 Å². The summed E-state index contributed by atoms with van der Waals surface area (Å²) in [5, 5.41) is 11.2. The summed E-state index contributed by atoms with van der Waals surface area (Å²) in [7, 11) is 0. The van der Waals surface area contributed by atoms with E-state index in [-0.39, 0.29) is 10.6 Å². The Labute approximate surface area is 115 Å². The molecule has 1 heterocycles. The molecular weight excluding hydrogens is 296 g/mol. The van der Waals surface area contributed by atoms with Gasteiger partial charge in [0.05, 0.1) is 4.92 Å². The molecule has 2 rings (SSSR count). The molecule has 4 nitrogen and oxygen atoms in total. The molecule has 0 aromatic heterocycles. The van der Waals surface area contributed by atoms with E-state index in [4.69, 9.17) is 0 Å². The van der Waals surface area contributed by atoms with Crippen molar-refractivity contribution in [2.75, 3.05) is 11.4 Å². The van der Waals surface area contributed by atoms with Gasteiger partial charge in [0.15, 0.2) is 0 Å². The first kappa shape index (κ1) is 13.3. The average Bonchev–Trinajstić information content (AvgIpc) is 2.32. The Morgan fingerprint density at radius 2 is 2.11 bits per heavy atom. The Morgan fingerprint density at radius 1 is 1.39 bits per heavy atom. The van der Waals surface area contributed by atoms with Gasteiger partial charge < -0.3 is 4.90 Å². The smallest absolute Gasteiger partial charge is 0.293 e. The summed E-state index contributed by atoms with van der Waals surface area (Å²) in [5.41, 5.74) is 0.924. The first-order chi connectivity index (χ1) is 8.49. The van der Waals surface area contributed by atoms with Crippen molar-refractivity contribution in [2.45, 2.75) is 32.7 Å². The molecule has 1 aromatic rings. The van der Waals surface area contributed by atoms with Crippen molar-refractivity contribution < 1.29 is 4.92 Å². The minimum Gasteiger partial charge on any atom is -0.363 e. The van der Waals surface area contributed by atoms with E-state index in [1.165, 1.54) is 6.42 Å². The Kier molecular flexibility index (Phi) is 3.90. The molecule has 0 radical (unpaired) electrons.